The second kappa shape index (κ2) is 68.1. The minimum Gasteiger partial charge on any atom is -0.462 e. The highest BCUT2D eigenvalue weighted by Gasteiger charge is 2.19. The molecule has 0 aliphatic heterocycles. The molecule has 0 rings (SSSR count). The van der Waals surface area contributed by atoms with Crippen molar-refractivity contribution in [2.45, 2.75) is 354 Å². The summed E-state index contributed by atoms with van der Waals surface area (Å²) in [5.74, 6) is -0.865. The minimum absolute atomic E-state index is 0.0743. The van der Waals surface area contributed by atoms with Gasteiger partial charge in [0, 0.05) is 19.3 Å². The number of allylic oxidation sites excluding steroid dienone is 14. The summed E-state index contributed by atoms with van der Waals surface area (Å²) in [6.07, 6.45) is 90.4. The maximum Gasteiger partial charge on any atom is 0.306 e. The number of unbranched alkanes of at least 4 members (excludes halogenated alkanes) is 38. The fourth-order valence-corrected chi connectivity index (χ4v) is 9.97. The van der Waals surface area contributed by atoms with Crippen LogP contribution in [0.1, 0.15) is 348 Å². The van der Waals surface area contributed by atoms with Gasteiger partial charge in [-0.1, -0.05) is 318 Å². The van der Waals surface area contributed by atoms with Gasteiger partial charge < -0.3 is 14.2 Å². The third kappa shape index (κ3) is 65.4. The molecule has 1 atom stereocenters. The van der Waals surface area contributed by atoms with E-state index in [4.69, 9.17) is 14.2 Å². The highest BCUT2D eigenvalue weighted by molar-refractivity contribution is 5.71. The number of hydrogen-bond donors (Lipinski definition) is 0. The summed E-state index contributed by atoms with van der Waals surface area (Å²) in [5, 5.41) is 0. The molecule has 1 unspecified atom stereocenters. The predicted octanol–water partition coefficient (Wildman–Crippen LogP) is 23.8. The predicted molar refractivity (Wildman–Crippen MR) is 348 cm³/mol. The Morgan fingerprint density at radius 3 is 0.787 bits per heavy atom. The molecule has 0 aromatic heterocycles. The van der Waals surface area contributed by atoms with E-state index in [0.717, 1.165) is 103 Å². The number of hydrogen-bond acceptors (Lipinski definition) is 6. The lowest BCUT2D eigenvalue weighted by atomic mass is 10.0. The van der Waals surface area contributed by atoms with Gasteiger partial charge in [-0.3, -0.25) is 14.4 Å². The number of ether oxygens (including phenoxy) is 3. The summed E-state index contributed by atoms with van der Waals surface area (Å²) < 4.78 is 16.9. The van der Waals surface area contributed by atoms with Crippen molar-refractivity contribution >= 4 is 17.9 Å². The van der Waals surface area contributed by atoms with Gasteiger partial charge in [0.05, 0.1) is 0 Å². The van der Waals surface area contributed by atoms with E-state index in [2.05, 4.69) is 106 Å². The first kappa shape index (κ1) is 76.6. The molecule has 6 nitrogen and oxygen atoms in total. The SMILES string of the molecule is CC/C=C\C/C=C\C/C=C\C/C=C\C/C=C\C/C=C\CCCCCCCCCCCCCCCCC(=O)OCC(COC(=O)CCCCCCC/C=C\CCCCCC)OC(=O)CCCCCCCCCCCCCCCCCC. The van der Waals surface area contributed by atoms with Gasteiger partial charge in [-0.25, -0.2) is 0 Å². The van der Waals surface area contributed by atoms with Gasteiger partial charge in [-0.15, -0.1) is 0 Å². The van der Waals surface area contributed by atoms with Gasteiger partial charge in [0.15, 0.2) is 6.10 Å². The summed E-state index contributed by atoms with van der Waals surface area (Å²) in [5.41, 5.74) is 0. The Kier molecular flexibility index (Phi) is 65.2. The Balaban J connectivity index is 4.17. The highest BCUT2D eigenvalue weighted by atomic mass is 16.6. The molecule has 0 bridgehead atoms. The standard InChI is InChI=1S/C74H130O6/c1-4-7-10-13-16-19-22-25-27-29-30-31-32-33-34-35-36-37-38-39-40-41-42-43-44-45-47-49-52-55-58-61-64-67-73(76)79-70-71(69-78-72(75)66-63-60-57-54-51-48-24-21-18-15-12-9-6-3)80-74(77)68-65-62-59-56-53-50-46-28-26-23-20-17-14-11-8-5-2/h7,10,16,19,21,24-25,27,30-31,33-34,36-37,71H,4-6,8-9,11-15,17-18,20,22-23,26,28-29,32,35,38-70H2,1-3H3/b10-7-,19-16-,24-21-,27-25-,31-30-,34-33-,37-36-. The van der Waals surface area contributed by atoms with Crippen molar-refractivity contribution in [3.63, 3.8) is 0 Å². The Morgan fingerprint density at radius 1 is 0.263 bits per heavy atom. The van der Waals surface area contributed by atoms with Crippen LogP contribution in [0.5, 0.6) is 0 Å². The van der Waals surface area contributed by atoms with Crippen molar-refractivity contribution in [3.05, 3.63) is 85.1 Å². The third-order valence-corrected chi connectivity index (χ3v) is 15.1. The molecule has 0 amide bonds. The summed E-state index contributed by atoms with van der Waals surface area (Å²) >= 11 is 0. The molecule has 0 saturated carbocycles. The molecule has 0 aromatic rings. The van der Waals surface area contributed by atoms with E-state index in [1.165, 1.54) is 205 Å². The van der Waals surface area contributed by atoms with Crippen LogP contribution in [-0.4, -0.2) is 37.2 Å². The Labute approximate surface area is 496 Å². The molecule has 0 radical (unpaired) electrons. The molecule has 0 aliphatic rings. The first-order valence-corrected chi connectivity index (χ1v) is 34.6. The van der Waals surface area contributed by atoms with E-state index in [9.17, 15) is 14.4 Å². The summed E-state index contributed by atoms with van der Waals surface area (Å²) in [6.45, 7) is 6.55. The van der Waals surface area contributed by atoms with E-state index in [1.807, 2.05) is 0 Å². The first-order chi connectivity index (χ1) is 39.5. The average Bonchev–Trinajstić information content (AvgIpc) is 3.46. The van der Waals surface area contributed by atoms with Crippen LogP contribution in [-0.2, 0) is 28.6 Å². The fraction of sp³-hybridized carbons (Fsp3) is 0.770. The second-order valence-corrected chi connectivity index (χ2v) is 23.1. The lowest BCUT2D eigenvalue weighted by Gasteiger charge is -2.18. The third-order valence-electron chi connectivity index (χ3n) is 15.1. The zero-order valence-electron chi connectivity index (χ0n) is 53.1. The smallest absolute Gasteiger partial charge is 0.306 e. The molecule has 0 saturated heterocycles. The highest BCUT2D eigenvalue weighted by Crippen LogP contribution is 2.17. The van der Waals surface area contributed by atoms with Crippen molar-refractivity contribution < 1.29 is 28.6 Å². The molecule has 0 spiro atoms. The van der Waals surface area contributed by atoms with Gasteiger partial charge in [0.25, 0.3) is 0 Å². The summed E-state index contributed by atoms with van der Waals surface area (Å²) in [6, 6.07) is 0. The van der Waals surface area contributed by atoms with E-state index >= 15 is 0 Å². The second-order valence-electron chi connectivity index (χ2n) is 23.1. The van der Waals surface area contributed by atoms with Gasteiger partial charge in [0.2, 0.25) is 0 Å². The van der Waals surface area contributed by atoms with Crippen molar-refractivity contribution in [2.75, 3.05) is 13.2 Å². The van der Waals surface area contributed by atoms with Crippen LogP contribution in [0.2, 0.25) is 0 Å². The van der Waals surface area contributed by atoms with Crippen molar-refractivity contribution in [3.8, 4) is 0 Å². The monoisotopic (exact) mass is 1110 g/mol. The van der Waals surface area contributed by atoms with Crippen LogP contribution in [0, 0.1) is 0 Å². The van der Waals surface area contributed by atoms with Crippen molar-refractivity contribution in [1.29, 1.82) is 0 Å². The Bertz CT molecular complexity index is 1520. The Hall–Kier alpha value is -3.41. The molecule has 0 heterocycles. The molecule has 0 aliphatic carbocycles. The van der Waals surface area contributed by atoms with Gasteiger partial charge in [-0.05, 0) is 96.3 Å². The Morgan fingerprint density at radius 2 is 0.487 bits per heavy atom. The molecule has 6 heteroatoms. The zero-order valence-corrected chi connectivity index (χ0v) is 53.1. The lowest BCUT2D eigenvalue weighted by molar-refractivity contribution is -0.167. The fourth-order valence-electron chi connectivity index (χ4n) is 9.97. The van der Waals surface area contributed by atoms with E-state index < -0.39 is 6.10 Å². The lowest BCUT2D eigenvalue weighted by Crippen LogP contribution is -2.30. The number of rotatable bonds is 63. The van der Waals surface area contributed by atoms with Crippen LogP contribution in [0.25, 0.3) is 0 Å². The number of esters is 3. The quantitative estimate of drug-likeness (QED) is 0.0261. The zero-order chi connectivity index (χ0) is 57.8. The number of carbonyl (C=O) groups is 3. The average molecular weight is 1120 g/mol. The summed E-state index contributed by atoms with van der Waals surface area (Å²) in [4.78, 5) is 38.3. The van der Waals surface area contributed by atoms with Gasteiger partial charge in [-0.2, -0.15) is 0 Å². The maximum absolute atomic E-state index is 12.9. The minimum atomic E-state index is -0.777. The van der Waals surface area contributed by atoms with E-state index in [0.29, 0.717) is 19.3 Å². The molecular weight excluding hydrogens is 985 g/mol. The number of carbonyl (C=O) groups excluding carboxylic acids is 3. The van der Waals surface area contributed by atoms with Crippen LogP contribution in [0.3, 0.4) is 0 Å². The van der Waals surface area contributed by atoms with Gasteiger partial charge >= 0.3 is 17.9 Å². The van der Waals surface area contributed by atoms with Crippen molar-refractivity contribution in [1.82, 2.24) is 0 Å². The molecule has 80 heavy (non-hydrogen) atoms. The largest absolute Gasteiger partial charge is 0.462 e. The molecule has 0 aromatic carbocycles. The van der Waals surface area contributed by atoms with Gasteiger partial charge in [0.1, 0.15) is 13.2 Å². The normalized spacial score (nSPS) is 12.6. The van der Waals surface area contributed by atoms with Crippen LogP contribution in [0.15, 0.2) is 85.1 Å². The molecule has 0 fully saturated rings. The van der Waals surface area contributed by atoms with Crippen LogP contribution in [0.4, 0.5) is 0 Å². The van der Waals surface area contributed by atoms with E-state index in [-0.39, 0.29) is 31.1 Å². The van der Waals surface area contributed by atoms with E-state index in [1.54, 1.807) is 0 Å². The van der Waals surface area contributed by atoms with Crippen LogP contribution < -0.4 is 0 Å². The summed E-state index contributed by atoms with van der Waals surface area (Å²) in [7, 11) is 0. The molecule has 462 valence electrons. The topological polar surface area (TPSA) is 78.9 Å². The molecule has 0 N–H and O–H groups in total. The van der Waals surface area contributed by atoms with Crippen molar-refractivity contribution in [2.24, 2.45) is 0 Å². The maximum atomic E-state index is 12.9. The molecular formula is C74H130O6. The first-order valence-electron chi connectivity index (χ1n) is 34.6. The van der Waals surface area contributed by atoms with Crippen LogP contribution >= 0.6 is 0 Å².